The molecule has 6 nitrogen and oxygen atoms in total. The third-order valence-corrected chi connectivity index (χ3v) is 7.67. The van der Waals surface area contributed by atoms with E-state index in [1.54, 1.807) is 24.3 Å². The quantitative estimate of drug-likeness (QED) is 0.547. The van der Waals surface area contributed by atoms with Crippen molar-refractivity contribution in [3.63, 3.8) is 0 Å². The Morgan fingerprint density at radius 3 is 2.33 bits per heavy atom. The number of amides is 1. The molecule has 8 heteroatoms. The molecule has 0 saturated heterocycles. The first kappa shape index (κ1) is 22.1. The molecular formula is C22H25N3O3S2. The first-order valence-electron chi connectivity index (χ1n) is 9.79. The molecule has 3 aromatic rings. The number of benzene rings is 2. The minimum atomic E-state index is -3.47. The van der Waals surface area contributed by atoms with Crippen LogP contribution in [-0.4, -0.2) is 36.7 Å². The van der Waals surface area contributed by atoms with Crippen molar-refractivity contribution < 1.29 is 13.2 Å². The summed E-state index contributed by atoms with van der Waals surface area (Å²) in [5.74, 6) is -0.125. The van der Waals surface area contributed by atoms with E-state index in [1.165, 1.54) is 15.6 Å². The summed E-state index contributed by atoms with van der Waals surface area (Å²) in [6, 6.07) is 16.5. The van der Waals surface area contributed by atoms with Gasteiger partial charge >= 0.3 is 0 Å². The van der Waals surface area contributed by atoms with Crippen LogP contribution in [0.2, 0.25) is 0 Å². The monoisotopic (exact) mass is 443 g/mol. The van der Waals surface area contributed by atoms with Gasteiger partial charge in [-0.15, -0.1) is 11.3 Å². The molecular weight excluding hydrogens is 418 g/mol. The number of carbonyl (C=O) groups excluding carboxylic acids is 1. The van der Waals surface area contributed by atoms with E-state index >= 15 is 0 Å². The van der Waals surface area contributed by atoms with Crippen molar-refractivity contribution in [3.05, 3.63) is 71.2 Å². The van der Waals surface area contributed by atoms with Gasteiger partial charge in [-0.25, -0.2) is 13.4 Å². The molecule has 1 amide bonds. The highest BCUT2D eigenvalue weighted by atomic mass is 32.2. The Balaban J connectivity index is 1.56. The molecule has 3 rings (SSSR count). The van der Waals surface area contributed by atoms with E-state index in [2.05, 4.69) is 10.3 Å². The van der Waals surface area contributed by atoms with Gasteiger partial charge in [-0.1, -0.05) is 56.3 Å². The van der Waals surface area contributed by atoms with Crippen LogP contribution in [0.15, 0.2) is 64.9 Å². The van der Waals surface area contributed by atoms with Crippen LogP contribution in [-0.2, 0) is 27.8 Å². The zero-order valence-electron chi connectivity index (χ0n) is 17.0. The minimum absolute atomic E-state index is 0.125. The Kier molecular flexibility index (Phi) is 7.36. The fraction of sp³-hybridized carbons (Fsp3) is 0.273. The molecule has 1 N–H and O–H groups in total. The molecule has 0 aliphatic rings. The fourth-order valence-electron chi connectivity index (χ4n) is 3.02. The summed E-state index contributed by atoms with van der Waals surface area (Å²) in [6.07, 6.45) is 0.206. The van der Waals surface area contributed by atoms with E-state index in [0.717, 1.165) is 21.8 Å². The predicted molar refractivity (Wildman–Crippen MR) is 120 cm³/mol. The van der Waals surface area contributed by atoms with Gasteiger partial charge in [0.1, 0.15) is 5.01 Å². The van der Waals surface area contributed by atoms with Crippen molar-refractivity contribution in [2.75, 3.05) is 13.1 Å². The Labute approximate surface area is 181 Å². The number of rotatable bonds is 9. The predicted octanol–water partition coefficient (Wildman–Crippen LogP) is 3.70. The Hall–Kier alpha value is -2.55. The Bertz CT molecular complexity index is 1070. The van der Waals surface area contributed by atoms with Crippen LogP contribution in [0, 0.1) is 0 Å². The number of nitrogens with one attached hydrogen (secondary N) is 1. The van der Waals surface area contributed by atoms with Crippen molar-refractivity contribution in [1.29, 1.82) is 0 Å². The summed E-state index contributed by atoms with van der Waals surface area (Å²) >= 11 is 1.52. The second-order valence-corrected chi connectivity index (χ2v) is 9.49. The van der Waals surface area contributed by atoms with E-state index in [4.69, 9.17) is 0 Å². The molecule has 0 unspecified atom stereocenters. The van der Waals surface area contributed by atoms with E-state index in [1.807, 2.05) is 49.6 Å². The van der Waals surface area contributed by atoms with Gasteiger partial charge in [-0.3, -0.25) is 4.79 Å². The highest BCUT2D eigenvalue weighted by Gasteiger charge is 2.21. The molecule has 0 fully saturated rings. The highest BCUT2D eigenvalue weighted by Crippen LogP contribution is 2.23. The summed E-state index contributed by atoms with van der Waals surface area (Å²) in [7, 11) is -3.47. The van der Waals surface area contributed by atoms with Crippen LogP contribution < -0.4 is 5.32 Å². The van der Waals surface area contributed by atoms with Crippen molar-refractivity contribution in [2.45, 2.75) is 31.7 Å². The lowest BCUT2D eigenvalue weighted by Crippen LogP contribution is -2.30. The van der Waals surface area contributed by atoms with Crippen molar-refractivity contribution in [2.24, 2.45) is 0 Å². The number of nitrogens with zero attached hydrogens (tertiary/aromatic N) is 2. The lowest BCUT2D eigenvalue weighted by molar-refractivity contribution is -0.120. The van der Waals surface area contributed by atoms with E-state index in [-0.39, 0.29) is 17.2 Å². The maximum atomic E-state index is 12.5. The van der Waals surface area contributed by atoms with Crippen LogP contribution >= 0.6 is 11.3 Å². The zero-order chi connectivity index (χ0) is 21.6. The van der Waals surface area contributed by atoms with Gasteiger partial charge in [0.15, 0.2) is 0 Å². The molecule has 2 aromatic carbocycles. The van der Waals surface area contributed by atoms with Gasteiger partial charge in [0.25, 0.3) is 0 Å². The molecule has 0 bridgehead atoms. The second-order valence-electron chi connectivity index (χ2n) is 6.70. The molecule has 0 spiro atoms. The molecule has 0 aliphatic carbocycles. The van der Waals surface area contributed by atoms with Crippen LogP contribution in [0.5, 0.6) is 0 Å². The first-order valence-corrected chi connectivity index (χ1v) is 12.1. The summed E-state index contributed by atoms with van der Waals surface area (Å²) < 4.78 is 26.5. The van der Waals surface area contributed by atoms with Crippen LogP contribution in [0.1, 0.15) is 25.1 Å². The average Bonchev–Trinajstić information content (AvgIpc) is 3.22. The minimum Gasteiger partial charge on any atom is -0.352 e. The van der Waals surface area contributed by atoms with Crippen molar-refractivity contribution in [3.8, 4) is 10.6 Å². The van der Waals surface area contributed by atoms with Crippen LogP contribution in [0.4, 0.5) is 0 Å². The third kappa shape index (κ3) is 5.33. The highest BCUT2D eigenvalue weighted by molar-refractivity contribution is 7.89. The Morgan fingerprint density at radius 2 is 1.70 bits per heavy atom. The zero-order valence-corrected chi connectivity index (χ0v) is 18.7. The number of thiazole rings is 1. The van der Waals surface area contributed by atoms with Crippen molar-refractivity contribution >= 4 is 27.3 Å². The maximum Gasteiger partial charge on any atom is 0.243 e. The van der Waals surface area contributed by atoms with Crippen LogP contribution in [0.3, 0.4) is 0 Å². The molecule has 158 valence electrons. The second kappa shape index (κ2) is 9.97. The van der Waals surface area contributed by atoms with Gasteiger partial charge in [-0.2, -0.15) is 4.31 Å². The first-order chi connectivity index (χ1) is 14.4. The van der Waals surface area contributed by atoms with Crippen molar-refractivity contribution in [1.82, 2.24) is 14.6 Å². The average molecular weight is 444 g/mol. The molecule has 0 radical (unpaired) electrons. The van der Waals surface area contributed by atoms with Gasteiger partial charge in [0.2, 0.25) is 15.9 Å². The number of carbonyl (C=O) groups is 1. The van der Waals surface area contributed by atoms with Gasteiger partial charge in [0.05, 0.1) is 17.0 Å². The third-order valence-electron chi connectivity index (χ3n) is 4.67. The number of sulfonamides is 1. The SMILES string of the molecule is CCN(CC)S(=O)(=O)c1ccc(CNC(=O)Cc2csc(-c3ccccc3)n2)cc1. The van der Waals surface area contributed by atoms with Gasteiger partial charge in [-0.05, 0) is 17.7 Å². The molecule has 0 aliphatic heterocycles. The normalized spacial score (nSPS) is 11.6. The van der Waals surface area contributed by atoms with Crippen LogP contribution in [0.25, 0.3) is 10.6 Å². The standard InChI is InChI=1S/C22H25N3O3S2/c1-3-25(4-2)30(27,28)20-12-10-17(11-13-20)15-23-21(26)14-19-16-29-22(24-19)18-8-6-5-7-9-18/h5-13,16H,3-4,14-15H2,1-2H3,(H,23,26). The molecule has 30 heavy (non-hydrogen) atoms. The topological polar surface area (TPSA) is 79.4 Å². The smallest absolute Gasteiger partial charge is 0.243 e. The number of hydrogen-bond acceptors (Lipinski definition) is 5. The summed E-state index contributed by atoms with van der Waals surface area (Å²) in [5, 5.41) is 5.66. The summed E-state index contributed by atoms with van der Waals surface area (Å²) in [6.45, 7) is 4.82. The molecule has 1 aromatic heterocycles. The summed E-state index contributed by atoms with van der Waals surface area (Å²) in [4.78, 5) is 17.1. The van der Waals surface area contributed by atoms with Gasteiger partial charge in [0, 0.05) is 30.6 Å². The maximum absolute atomic E-state index is 12.5. The lowest BCUT2D eigenvalue weighted by Gasteiger charge is -2.18. The van der Waals surface area contributed by atoms with Gasteiger partial charge < -0.3 is 5.32 Å². The fourth-order valence-corrected chi connectivity index (χ4v) is 5.30. The molecule has 0 atom stereocenters. The van der Waals surface area contributed by atoms with E-state index in [0.29, 0.717) is 19.6 Å². The lowest BCUT2D eigenvalue weighted by atomic mass is 10.2. The number of hydrogen-bond donors (Lipinski definition) is 1. The van der Waals surface area contributed by atoms with E-state index < -0.39 is 10.0 Å². The number of aromatic nitrogens is 1. The molecule has 1 heterocycles. The largest absolute Gasteiger partial charge is 0.352 e. The van der Waals surface area contributed by atoms with E-state index in [9.17, 15) is 13.2 Å². The molecule has 0 saturated carbocycles. The Morgan fingerprint density at radius 1 is 1.03 bits per heavy atom. The summed E-state index contributed by atoms with van der Waals surface area (Å²) in [5.41, 5.74) is 2.61.